The predicted molar refractivity (Wildman–Crippen MR) is 76.0 cm³/mol. The molecule has 1 N–H and O–H groups in total. The first-order valence-corrected chi connectivity index (χ1v) is 6.16. The Kier molecular flexibility index (Phi) is 4.45. The molecule has 7 nitrogen and oxygen atoms in total. The average Bonchev–Trinajstić information content (AvgIpc) is 2.90. The normalized spacial score (nSPS) is 10.7. The van der Waals surface area contributed by atoms with Crippen LogP contribution in [-0.2, 0) is 11.2 Å². The highest BCUT2D eigenvalue weighted by atomic mass is 16.6. The van der Waals surface area contributed by atoms with Gasteiger partial charge in [-0.1, -0.05) is 29.8 Å². The second-order valence-electron chi connectivity index (χ2n) is 4.39. The Hall–Kier alpha value is -2.96. The number of nitrogens with one attached hydrogen (secondary N) is 1. The number of amides is 1. The molecule has 0 spiro atoms. The predicted octanol–water partition coefficient (Wildman–Crippen LogP) is 2.19. The van der Waals surface area contributed by atoms with Gasteiger partial charge in [0.15, 0.2) is 5.76 Å². The van der Waals surface area contributed by atoms with E-state index in [2.05, 4.69) is 10.5 Å². The molecule has 0 aliphatic rings. The van der Waals surface area contributed by atoms with Crippen LogP contribution in [0.15, 0.2) is 45.9 Å². The van der Waals surface area contributed by atoms with Gasteiger partial charge in [0.2, 0.25) is 5.91 Å². The number of hydrazone groups is 1. The van der Waals surface area contributed by atoms with Crippen molar-refractivity contribution in [1.82, 2.24) is 5.43 Å². The lowest BCUT2D eigenvalue weighted by Gasteiger charge is -2.00. The molecule has 1 heterocycles. The van der Waals surface area contributed by atoms with Crippen LogP contribution in [-0.4, -0.2) is 17.0 Å². The number of rotatable bonds is 5. The SMILES string of the molecule is Cc1ccc(CC(=O)N/N=C\c2ccc([N+](=O)[O-])o2)cc1. The minimum Gasteiger partial charge on any atom is -0.400 e. The van der Waals surface area contributed by atoms with Crippen LogP contribution in [0.4, 0.5) is 5.88 Å². The molecule has 0 saturated carbocycles. The summed E-state index contributed by atoms with van der Waals surface area (Å²) < 4.78 is 4.86. The lowest BCUT2D eigenvalue weighted by Crippen LogP contribution is -2.19. The lowest BCUT2D eigenvalue weighted by atomic mass is 10.1. The fourth-order valence-electron chi connectivity index (χ4n) is 1.61. The molecular formula is C14H13N3O4. The van der Waals surface area contributed by atoms with Gasteiger partial charge in [-0.25, -0.2) is 5.43 Å². The maximum Gasteiger partial charge on any atom is 0.433 e. The first-order valence-electron chi connectivity index (χ1n) is 6.16. The molecule has 2 aromatic rings. The largest absolute Gasteiger partial charge is 0.433 e. The Morgan fingerprint density at radius 2 is 2.05 bits per heavy atom. The summed E-state index contributed by atoms with van der Waals surface area (Å²) in [5.41, 5.74) is 4.33. The second-order valence-corrected chi connectivity index (χ2v) is 4.39. The summed E-state index contributed by atoms with van der Waals surface area (Å²) in [6.07, 6.45) is 1.41. The molecule has 1 amide bonds. The van der Waals surface area contributed by atoms with Gasteiger partial charge in [-0.05, 0) is 18.6 Å². The third-order valence-electron chi connectivity index (χ3n) is 2.66. The van der Waals surface area contributed by atoms with E-state index in [1.807, 2.05) is 31.2 Å². The van der Waals surface area contributed by atoms with Crippen molar-refractivity contribution in [2.24, 2.45) is 5.10 Å². The highest BCUT2D eigenvalue weighted by Crippen LogP contribution is 2.13. The molecule has 7 heteroatoms. The Morgan fingerprint density at radius 3 is 2.67 bits per heavy atom. The van der Waals surface area contributed by atoms with Crippen LogP contribution in [0.1, 0.15) is 16.9 Å². The van der Waals surface area contributed by atoms with E-state index in [4.69, 9.17) is 4.42 Å². The maximum atomic E-state index is 11.6. The lowest BCUT2D eigenvalue weighted by molar-refractivity contribution is -0.402. The molecule has 1 aromatic carbocycles. The number of hydrogen-bond acceptors (Lipinski definition) is 5. The van der Waals surface area contributed by atoms with E-state index in [-0.39, 0.29) is 24.0 Å². The van der Waals surface area contributed by atoms with Crippen molar-refractivity contribution in [2.75, 3.05) is 0 Å². The molecule has 0 atom stereocenters. The van der Waals surface area contributed by atoms with Gasteiger partial charge in [-0.3, -0.25) is 14.9 Å². The third kappa shape index (κ3) is 4.27. The fourth-order valence-corrected chi connectivity index (χ4v) is 1.61. The Bertz CT molecular complexity index is 674. The number of carbonyl (C=O) groups excluding carboxylic acids is 1. The van der Waals surface area contributed by atoms with Crippen LogP contribution >= 0.6 is 0 Å². The Morgan fingerprint density at radius 1 is 1.33 bits per heavy atom. The van der Waals surface area contributed by atoms with Gasteiger partial charge in [0.05, 0.1) is 18.7 Å². The number of nitro groups is 1. The monoisotopic (exact) mass is 287 g/mol. The van der Waals surface area contributed by atoms with E-state index < -0.39 is 4.92 Å². The van der Waals surface area contributed by atoms with Crippen LogP contribution in [0.2, 0.25) is 0 Å². The van der Waals surface area contributed by atoms with Gasteiger partial charge < -0.3 is 4.42 Å². The van der Waals surface area contributed by atoms with E-state index in [1.165, 1.54) is 18.3 Å². The minimum atomic E-state index is -0.646. The topological polar surface area (TPSA) is 97.7 Å². The Labute approximate surface area is 120 Å². The zero-order valence-electron chi connectivity index (χ0n) is 11.3. The zero-order valence-corrected chi connectivity index (χ0v) is 11.3. The average molecular weight is 287 g/mol. The quantitative estimate of drug-likeness (QED) is 0.517. The molecule has 0 radical (unpaired) electrons. The van der Waals surface area contributed by atoms with Crippen LogP contribution < -0.4 is 5.43 Å². The van der Waals surface area contributed by atoms with E-state index in [9.17, 15) is 14.9 Å². The van der Waals surface area contributed by atoms with Crippen molar-refractivity contribution in [3.8, 4) is 0 Å². The molecule has 0 unspecified atom stereocenters. The summed E-state index contributed by atoms with van der Waals surface area (Å²) in [6.45, 7) is 1.97. The summed E-state index contributed by atoms with van der Waals surface area (Å²) in [7, 11) is 0. The van der Waals surface area contributed by atoms with Crippen molar-refractivity contribution in [2.45, 2.75) is 13.3 Å². The fraction of sp³-hybridized carbons (Fsp3) is 0.143. The molecule has 2 rings (SSSR count). The van der Waals surface area contributed by atoms with Crippen molar-refractivity contribution in [3.05, 3.63) is 63.4 Å². The van der Waals surface area contributed by atoms with E-state index in [0.717, 1.165) is 11.1 Å². The van der Waals surface area contributed by atoms with Crippen molar-refractivity contribution in [1.29, 1.82) is 0 Å². The summed E-state index contributed by atoms with van der Waals surface area (Å²) in [5.74, 6) is -0.462. The molecule has 21 heavy (non-hydrogen) atoms. The highest BCUT2D eigenvalue weighted by molar-refractivity contribution is 5.81. The zero-order chi connectivity index (χ0) is 15.2. The van der Waals surface area contributed by atoms with E-state index in [0.29, 0.717) is 0 Å². The van der Waals surface area contributed by atoms with E-state index in [1.54, 1.807) is 0 Å². The van der Waals surface area contributed by atoms with Gasteiger partial charge in [-0.2, -0.15) is 5.10 Å². The number of carbonyl (C=O) groups is 1. The van der Waals surface area contributed by atoms with Crippen LogP contribution in [0.3, 0.4) is 0 Å². The molecule has 0 aliphatic heterocycles. The summed E-state index contributed by atoms with van der Waals surface area (Å²) in [5, 5.41) is 14.1. The van der Waals surface area contributed by atoms with Gasteiger partial charge in [0, 0.05) is 0 Å². The van der Waals surface area contributed by atoms with E-state index >= 15 is 0 Å². The summed E-state index contributed by atoms with van der Waals surface area (Å²) >= 11 is 0. The van der Waals surface area contributed by atoms with Gasteiger partial charge in [0.1, 0.15) is 4.92 Å². The first kappa shape index (κ1) is 14.4. The Balaban J connectivity index is 1.86. The second kappa shape index (κ2) is 6.47. The van der Waals surface area contributed by atoms with Crippen LogP contribution in [0, 0.1) is 17.0 Å². The number of benzene rings is 1. The van der Waals surface area contributed by atoms with Crippen molar-refractivity contribution >= 4 is 18.0 Å². The number of nitrogens with zero attached hydrogens (tertiary/aromatic N) is 2. The standard InChI is InChI=1S/C14H13N3O4/c1-10-2-4-11(5-3-10)8-13(18)16-15-9-12-6-7-14(21-12)17(19)20/h2-7,9H,8H2,1H3,(H,16,18)/b15-9-. The minimum absolute atomic E-state index is 0.192. The first-order chi connectivity index (χ1) is 10.0. The van der Waals surface area contributed by atoms with Gasteiger partial charge >= 0.3 is 5.88 Å². The van der Waals surface area contributed by atoms with Crippen molar-refractivity contribution < 1.29 is 14.1 Å². The molecule has 0 saturated heterocycles. The van der Waals surface area contributed by atoms with Crippen LogP contribution in [0.5, 0.6) is 0 Å². The smallest absolute Gasteiger partial charge is 0.400 e. The third-order valence-corrected chi connectivity index (χ3v) is 2.66. The molecule has 0 fully saturated rings. The molecular weight excluding hydrogens is 274 g/mol. The van der Waals surface area contributed by atoms with Gasteiger partial charge in [-0.15, -0.1) is 0 Å². The number of hydrogen-bond donors (Lipinski definition) is 1. The summed E-state index contributed by atoms with van der Waals surface area (Å²) in [4.78, 5) is 21.4. The molecule has 0 bridgehead atoms. The highest BCUT2D eigenvalue weighted by Gasteiger charge is 2.10. The van der Waals surface area contributed by atoms with Crippen LogP contribution in [0.25, 0.3) is 0 Å². The molecule has 108 valence electrons. The maximum absolute atomic E-state index is 11.6. The number of aryl methyl sites for hydroxylation is 1. The van der Waals surface area contributed by atoms with Gasteiger partial charge in [0.25, 0.3) is 0 Å². The molecule has 0 aliphatic carbocycles. The van der Waals surface area contributed by atoms with Crippen molar-refractivity contribution in [3.63, 3.8) is 0 Å². The number of furan rings is 1. The summed E-state index contributed by atoms with van der Waals surface area (Å²) in [6, 6.07) is 10.2. The molecule has 1 aromatic heterocycles.